The summed E-state index contributed by atoms with van der Waals surface area (Å²) in [6, 6.07) is 3.31. The van der Waals surface area contributed by atoms with Crippen molar-refractivity contribution in [3.8, 4) is 0 Å². The normalized spacial score (nSPS) is 12.7. The van der Waals surface area contributed by atoms with Crippen LogP contribution < -0.4 is 5.32 Å². The lowest BCUT2D eigenvalue weighted by Gasteiger charge is -2.15. The molecule has 0 bridgehead atoms. The van der Waals surface area contributed by atoms with E-state index in [0.717, 1.165) is 18.2 Å². The van der Waals surface area contributed by atoms with Gasteiger partial charge in [-0.3, -0.25) is 4.79 Å². The van der Waals surface area contributed by atoms with Gasteiger partial charge in [-0.05, 0) is 29.8 Å². The number of alkyl halides is 6. The van der Waals surface area contributed by atoms with Crippen LogP contribution in [0.15, 0.2) is 41.6 Å². The summed E-state index contributed by atoms with van der Waals surface area (Å²) >= 11 is 0. The van der Waals surface area contributed by atoms with Gasteiger partial charge in [-0.15, -0.1) is 0 Å². The van der Waals surface area contributed by atoms with Crippen LogP contribution in [0.5, 0.6) is 0 Å². The Morgan fingerprint density at radius 2 is 1.71 bits per heavy atom. The number of nitrogens with one attached hydrogen (secondary N) is 1. The van der Waals surface area contributed by atoms with Crippen molar-refractivity contribution in [1.82, 2.24) is 10.3 Å². The Balaban J connectivity index is 2.35. The summed E-state index contributed by atoms with van der Waals surface area (Å²) in [7, 11) is -5.97. The van der Waals surface area contributed by atoms with E-state index in [1.54, 1.807) is 0 Å². The summed E-state index contributed by atoms with van der Waals surface area (Å²) in [6.45, 7) is -0.853. The van der Waals surface area contributed by atoms with Gasteiger partial charge >= 0.3 is 11.7 Å². The highest BCUT2D eigenvalue weighted by atomic mass is 32.2. The predicted molar refractivity (Wildman–Crippen MR) is 80.1 cm³/mol. The Bertz CT molecular complexity index is 1000. The number of pyridine rings is 1. The number of benzene rings is 1. The van der Waals surface area contributed by atoms with Gasteiger partial charge in [-0.2, -0.15) is 26.3 Å². The van der Waals surface area contributed by atoms with E-state index in [-0.39, 0.29) is 6.07 Å². The molecule has 1 N–H and O–H groups in total. The smallest absolute Gasteiger partial charge is 0.348 e. The summed E-state index contributed by atoms with van der Waals surface area (Å²) in [4.78, 5) is 15.2. The van der Waals surface area contributed by atoms with Crippen molar-refractivity contribution in [2.75, 3.05) is 0 Å². The number of amides is 1. The van der Waals surface area contributed by atoms with Crippen molar-refractivity contribution < 1.29 is 43.9 Å². The molecule has 0 aliphatic heterocycles. The van der Waals surface area contributed by atoms with Gasteiger partial charge in [0.1, 0.15) is 5.82 Å². The SMILES string of the molecule is O=C(NCc1ccc(F)cc1C(F)(F)F)c1cccnc1S(=O)(=O)C(F)(F)F. The fraction of sp³-hybridized carbons (Fsp3) is 0.200. The monoisotopic (exact) mass is 430 g/mol. The Labute approximate surface area is 153 Å². The first-order valence-corrected chi connectivity index (χ1v) is 8.63. The average Bonchev–Trinajstić information content (AvgIpc) is 2.58. The van der Waals surface area contributed by atoms with E-state index in [0.29, 0.717) is 12.3 Å². The molecule has 0 saturated carbocycles. The third-order valence-electron chi connectivity index (χ3n) is 3.39. The van der Waals surface area contributed by atoms with E-state index < -0.39 is 61.5 Å². The lowest BCUT2D eigenvalue weighted by atomic mass is 10.1. The van der Waals surface area contributed by atoms with E-state index in [1.807, 2.05) is 5.32 Å². The number of carbonyl (C=O) groups is 1. The van der Waals surface area contributed by atoms with Gasteiger partial charge in [0.05, 0.1) is 11.1 Å². The zero-order valence-electron chi connectivity index (χ0n) is 13.4. The molecule has 0 spiro atoms. The minimum atomic E-state index is -5.97. The van der Waals surface area contributed by atoms with Crippen LogP contribution in [0.2, 0.25) is 0 Å². The van der Waals surface area contributed by atoms with Gasteiger partial charge < -0.3 is 5.32 Å². The number of sulfone groups is 1. The zero-order chi connectivity index (χ0) is 21.3. The van der Waals surface area contributed by atoms with Crippen molar-refractivity contribution in [1.29, 1.82) is 0 Å². The molecule has 2 rings (SSSR count). The van der Waals surface area contributed by atoms with Crippen LogP contribution in [0, 0.1) is 5.82 Å². The molecule has 0 aliphatic carbocycles. The predicted octanol–water partition coefficient (Wildman–Crippen LogP) is 3.46. The van der Waals surface area contributed by atoms with Gasteiger partial charge in [0, 0.05) is 12.7 Å². The molecule has 0 fully saturated rings. The topological polar surface area (TPSA) is 76.1 Å². The average molecular weight is 430 g/mol. The van der Waals surface area contributed by atoms with Crippen LogP contribution in [-0.4, -0.2) is 24.8 Å². The third kappa shape index (κ3) is 4.40. The third-order valence-corrected chi connectivity index (χ3v) is 4.84. The van der Waals surface area contributed by atoms with Crippen molar-refractivity contribution >= 4 is 15.7 Å². The molecule has 0 radical (unpaired) electrons. The molecule has 2 aromatic rings. The van der Waals surface area contributed by atoms with Gasteiger partial charge in [-0.25, -0.2) is 17.8 Å². The summed E-state index contributed by atoms with van der Waals surface area (Å²) in [6.07, 6.45) is -4.25. The van der Waals surface area contributed by atoms with Crippen molar-refractivity contribution in [2.45, 2.75) is 23.3 Å². The summed E-state index contributed by atoms with van der Waals surface area (Å²) in [5.74, 6) is -2.60. The molecular weight excluding hydrogens is 421 g/mol. The minimum Gasteiger partial charge on any atom is -0.348 e. The van der Waals surface area contributed by atoms with Gasteiger partial charge in [0.15, 0.2) is 5.03 Å². The lowest BCUT2D eigenvalue weighted by Crippen LogP contribution is -2.30. The van der Waals surface area contributed by atoms with Crippen LogP contribution in [0.1, 0.15) is 21.5 Å². The Morgan fingerprint density at radius 1 is 1.07 bits per heavy atom. The molecular formula is C15H9F7N2O3S. The number of halogens is 7. The first-order chi connectivity index (χ1) is 12.7. The van der Waals surface area contributed by atoms with E-state index >= 15 is 0 Å². The number of hydrogen-bond donors (Lipinski definition) is 1. The Hall–Kier alpha value is -2.70. The van der Waals surface area contributed by atoms with Crippen molar-refractivity contribution in [2.24, 2.45) is 0 Å². The van der Waals surface area contributed by atoms with Crippen LogP contribution in [0.3, 0.4) is 0 Å². The maximum absolute atomic E-state index is 13.1. The van der Waals surface area contributed by atoms with E-state index in [4.69, 9.17) is 0 Å². The molecule has 1 amide bonds. The summed E-state index contributed by atoms with van der Waals surface area (Å²) in [5.41, 5.74) is -8.72. The second-order valence-electron chi connectivity index (χ2n) is 5.29. The Morgan fingerprint density at radius 3 is 2.29 bits per heavy atom. The number of carbonyl (C=O) groups excluding carboxylic acids is 1. The molecule has 13 heteroatoms. The first-order valence-electron chi connectivity index (χ1n) is 7.15. The standard InChI is InChI=1S/C15H9F7N2O3S/c16-9-4-3-8(11(6-9)14(17,18)19)7-24-12(25)10-2-1-5-23-13(10)28(26,27)15(20,21)22/h1-6H,7H2,(H,24,25). The van der Waals surface area contributed by atoms with Crippen LogP contribution in [-0.2, 0) is 22.6 Å². The summed E-state index contributed by atoms with van der Waals surface area (Å²) in [5, 5.41) is 0.290. The highest BCUT2D eigenvalue weighted by molar-refractivity contribution is 7.92. The quantitative estimate of drug-likeness (QED) is 0.754. The first kappa shape index (κ1) is 21.6. The fourth-order valence-electron chi connectivity index (χ4n) is 2.12. The number of nitrogens with zero attached hydrogens (tertiary/aromatic N) is 1. The minimum absolute atomic E-state index is 0.186. The molecule has 1 aromatic carbocycles. The second kappa shape index (κ2) is 7.37. The second-order valence-corrected chi connectivity index (χ2v) is 7.14. The fourth-order valence-corrected chi connectivity index (χ4v) is 2.99. The molecule has 0 atom stereocenters. The van der Waals surface area contributed by atoms with E-state index in [2.05, 4.69) is 4.98 Å². The van der Waals surface area contributed by atoms with Gasteiger partial charge in [0.25, 0.3) is 15.7 Å². The van der Waals surface area contributed by atoms with E-state index in [1.165, 1.54) is 0 Å². The molecule has 0 aliphatic rings. The van der Waals surface area contributed by atoms with Crippen molar-refractivity contribution in [3.63, 3.8) is 0 Å². The van der Waals surface area contributed by atoms with Crippen LogP contribution >= 0.6 is 0 Å². The molecule has 0 unspecified atom stereocenters. The molecule has 28 heavy (non-hydrogen) atoms. The highest BCUT2D eigenvalue weighted by Gasteiger charge is 2.49. The van der Waals surface area contributed by atoms with Gasteiger partial charge in [0.2, 0.25) is 0 Å². The van der Waals surface area contributed by atoms with Crippen LogP contribution in [0.4, 0.5) is 30.7 Å². The number of hydrogen-bond acceptors (Lipinski definition) is 4. The molecule has 5 nitrogen and oxygen atoms in total. The summed E-state index contributed by atoms with van der Waals surface area (Å²) < 4.78 is 113. The van der Waals surface area contributed by atoms with Crippen molar-refractivity contribution in [3.05, 3.63) is 59.0 Å². The zero-order valence-corrected chi connectivity index (χ0v) is 14.2. The number of rotatable bonds is 4. The highest BCUT2D eigenvalue weighted by Crippen LogP contribution is 2.33. The maximum Gasteiger partial charge on any atom is 0.503 e. The lowest BCUT2D eigenvalue weighted by molar-refractivity contribution is -0.138. The maximum atomic E-state index is 13.1. The largest absolute Gasteiger partial charge is 0.503 e. The van der Waals surface area contributed by atoms with Crippen LogP contribution in [0.25, 0.3) is 0 Å². The molecule has 1 aromatic heterocycles. The van der Waals surface area contributed by atoms with E-state index in [9.17, 15) is 43.9 Å². The molecule has 0 saturated heterocycles. The Kier molecular flexibility index (Phi) is 5.69. The molecule has 1 heterocycles. The number of aromatic nitrogens is 1. The molecule has 152 valence electrons. The van der Waals surface area contributed by atoms with Gasteiger partial charge in [-0.1, -0.05) is 6.07 Å².